The molecule has 52 heavy (non-hydrogen) atoms. The first-order valence-electron chi connectivity index (χ1n) is 19.9. The van der Waals surface area contributed by atoms with E-state index in [2.05, 4.69) is 140 Å². The first kappa shape index (κ1) is 44.7. The highest BCUT2D eigenvalue weighted by Crippen LogP contribution is 2.65. The van der Waals surface area contributed by atoms with Crippen LogP contribution in [0.3, 0.4) is 0 Å². The first-order chi connectivity index (χ1) is 24.2. The maximum Gasteiger partial charge on any atom is 0.243 e. The number of nitrogens with one attached hydrogen (secondary N) is 4. The number of likely N-dealkylation sites (tertiary alicyclic amines) is 1. The number of piperidine rings is 1. The Morgan fingerprint density at radius 1 is 1.02 bits per heavy atom. The zero-order valence-corrected chi connectivity index (χ0v) is 35.0. The maximum atomic E-state index is 14.6. The lowest BCUT2D eigenvalue weighted by atomic mass is 9.82. The molecule has 1 aliphatic heterocycles. The van der Waals surface area contributed by atoms with Crippen LogP contribution < -0.4 is 21.3 Å². The molecule has 2 rings (SSSR count). The van der Waals surface area contributed by atoms with E-state index in [1.807, 2.05) is 13.0 Å². The van der Waals surface area contributed by atoms with Crippen LogP contribution in [-0.4, -0.2) is 48.1 Å². The van der Waals surface area contributed by atoms with E-state index in [0.717, 1.165) is 92.0 Å². The predicted octanol–water partition coefficient (Wildman–Crippen LogP) is 9.95. The lowest BCUT2D eigenvalue weighted by molar-refractivity contribution is -0.126. The highest BCUT2D eigenvalue weighted by atomic mass is 16.2. The SMILES string of the molecule is C=CC(=C)CC(CC(C)/C=C\C)C(NC(=C)NC(CCC(=C)NCC)C(C)(C)C)C(=C)N1C[C@H]2[C@@H](C1C(=O)NC(CCCC)C(=C)C(=C)C)C2(C)C. The Balaban J connectivity index is 2.55. The number of carbonyl (C=O) groups excluding carboxylic acids is 1. The Hall–Kier alpha value is -3.41. The average molecular weight is 716 g/mol. The molecule has 2 fully saturated rings. The monoisotopic (exact) mass is 716 g/mol. The van der Waals surface area contributed by atoms with Gasteiger partial charge in [0, 0.05) is 30.5 Å². The van der Waals surface area contributed by atoms with Gasteiger partial charge in [-0.15, -0.1) is 0 Å². The van der Waals surface area contributed by atoms with Crippen molar-refractivity contribution in [2.24, 2.45) is 34.5 Å². The molecule has 292 valence electrons. The zero-order valence-electron chi connectivity index (χ0n) is 35.0. The Morgan fingerprint density at radius 2 is 1.67 bits per heavy atom. The van der Waals surface area contributed by atoms with E-state index in [1.54, 1.807) is 0 Å². The van der Waals surface area contributed by atoms with Gasteiger partial charge in [0.25, 0.3) is 0 Å². The second kappa shape index (κ2) is 19.6. The van der Waals surface area contributed by atoms with E-state index in [-0.39, 0.29) is 52.7 Å². The van der Waals surface area contributed by atoms with Gasteiger partial charge in [-0.3, -0.25) is 4.79 Å². The van der Waals surface area contributed by atoms with Crippen LogP contribution in [0.4, 0.5) is 0 Å². The number of nitrogens with zero attached hydrogens (tertiary/aromatic N) is 1. The fourth-order valence-corrected chi connectivity index (χ4v) is 8.29. The molecular formula is C46H77N5O. The largest absolute Gasteiger partial charge is 0.389 e. The molecule has 0 aromatic rings. The van der Waals surface area contributed by atoms with Gasteiger partial charge in [0.05, 0.1) is 17.9 Å². The van der Waals surface area contributed by atoms with Crippen LogP contribution in [0, 0.1) is 34.5 Å². The number of hydrogen-bond donors (Lipinski definition) is 4. The summed E-state index contributed by atoms with van der Waals surface area (Å²) in [6.45, 7) is 54.1. The predicted molar refractivity (Wildman–Crippen MR) is 226 cm³/mol. The molecule has 0 bridgehead atoms. The van der Waals surface area contributed by atoms with Crippen molar-refractivity contribution in [1.82, 2.24) is 26.2 Å². The van der Waals surface area contributed by atoms with Crippen molar-refractivity contribution >= 4 is 5.91 Å². The summed E-state index contributed by atoms with van der Waals surface area (Å²) >= 11 is 0. The first-order valence-corrected chi connectivity index (χ1v) is 19.9. The van der Waals surface area contributed by atoms with E-state index >= 15 is 0 Å². The summed E-state index contributed by atoms with van der Waals surface area (Å²) in [4.78, 5) is 16.9. The van der Waals surface area contributed by atoms with Crippen LogP contribution in [0.25, 0.3) is 0 Å². The van der Waals surface area contributed by atoms with Gasteiger partial charge in [-0.25, -0.2) is 0 Å². The van der Waals surface area contributed by atoms with E-state index in [1.165, 1.54) is 0 Å². The van der Waals surface area contributed by atoms with E-state index in [4.69, 9.17) is 6.58 Å². The minimum absolute atomic E-state index is 0.0201. The van der Waals surface area contributed by atoms with Crippen molar-refractivity contribution in [1.29, 1.82) is 0 Å². The molecule has 0 aromatic heterocycles. The summed E-state index contributed by atoms with van der Waals surface area (Å²) in [5.41, 5.74) is 4.85. The number of fused-ring (bicyclic) bond motifs is 1. The van der Waals surface area contributed by atoms with Crippen LogP contribution in [0.15, 0.2) is 98.2 Å². The number of allylic oxidation sites excluding steroid dienone is 5. The van der Waals surface area contributed by atoms with Crippen LogP contribution in [-0.2, 0) is 4.79 Å². The van der Waals surface area contributed by atoms with Gasteiger partial charge < -0.3 is 26.2 Å². The van der Waals surface area contributed by atoms with E-state index in [9.17, 15) is 4.79 Å². The lowest BCUT2D eigenvalue weighted by Gasteiger charge is -2.42. The van der Waals surface area contributed by atoms with Crippen LogP contribution in [0.2, 0.25) is 0 Å². The summed E-state index contributed by atoms with van der Waals surface area (Å²) in [5.74, 6) is 1.94. The molecule has 4 N–H and O–H groups in total. The third kappa shape index (κ3) is 12.1. The van der Waals surface area contributed by atoms with Crippen molar-refractivity contribution in [3.8, 4) is 0 Å². The highest BCUT2D eigenvalue weighted by molar-refractivity contribution is 5.84. The molecule has 1 amide bonds. The fourth-order valence-electron chi connectivity index (χ4n) is 8.29. The minimum atomic E-state index is -0.323. The molecule has 1 aliphatic carbocycles. The summed E-state index contributed by atoms with van der Waals surface area (Å²) in [7, 11) is 0. The third-order valence-electron chi connectivity index (χ3n) is 11.7. The molecule has 0 radical (unpaired) electrons. The molecule has 1 heterocycles. The Morgan fingerprint density at radius 3 is 2.21 bits per heavy atom. The topological polar surface area (TPSA) is 68.4 Å². The summed E-state index contributed by atoms with van der Waals surface area (Å²) < 4.78 is 0. The van der Waals surface area contributed by atoms with Gasteiger partial charge in [-0.05, 0) is 93.0 Å². The summed E-state index contributed by atoms with van der Waals surface area (Å²) in [6.07, 6.45) is 12.6. The quantitative estimate of drug-likeness (QED) is 0.0560. The Bertz CT molecular complexity index is 1340. The lowest BCUT2D eigenvalue weighted by Crippen LogP contribution is -2.54. The van der Waals surface area contributed by atoms with Crippen molar-refractivity contribution in [2.75, 3.05) is 13.1 Å². The highest BCUT2D eigenvalue weighted by Gasteiger charge is 2.69. The standard InChI is InChI=1S/C46H77N5O/c1-18-22-24-39(34(10)30(5)6)50-44(52)43-41-38(46(41,16)17)29-51(43)35(11)42(37(27-31(7)20-3)28-32(8)23-19-2)49-36(12)48-40(45(13,14)15)26-25-33(9)47-21-4/h19-20,23,32,37-43,47-49H,3,5,7,9-12,18,21-22,24-29H2,1-2,4,6,8,13-17H3,(H,50,52)/b23-19-/t32?,37?,38-,39?,40?,41-,42?,43?/m0/s1. The molecule has 1 saturated heterocycles. The minimum Gasteiger partial charge on any atom is -0.389 e. The van der Waals surface area contributed by atoms with E-state index in [0.29, 0.717) is 11.8 Å². The molecule has 0 spiro atoms. The molecule has 2 aliphatic rings. The number of amides is 1. The number of unbranched alkanes of at least 4 members (excludes halogenated alkanes) is 1. The maximum absolute atomic E-state index is 14.6. The van der Waals surface area contributed by atoms with Crippen molar-refractivity contribution in [3.63, 3.8) is 0 Å². The van der Waals surface area contributed by atoms with Gasteiger partial charge in [0.15, 0.2) is 0 Å². The average Bonchev–Trinajstić information content (AvgIpc) is 3.36. The van der Waals surface area contributed by atoms with E-state index < -0.39 is 0 Å². The molecule has 6 heteroatoms. The number of rotatable bonds is 25. The molecule has 6 nitrogen and oxygen atoms in total. The smallest absolute Gasteiger partial charge is 0.243 e. The Kier molecular flexibility index (Phi) is 16.9. The van der Waals surface area contributed by atoms with Gasteiger partial charge in [0.2, 0.25) is 5.91 Å². The van der Waals surface area contributed by atoms with Crippen LogP contribution in [0.1, 0.15) is 114 Å². The second-order valence-corrected chi connectivity index (χ2v) is 17.5. The normalized spacial score (nSPS) is 21.9. The molecular weight excluding hydrogens is 639 g/mol. The zero-order chi connectivity index (χ0) is 39.6. The van der Waals surface area contributed by atoms with Crippen molar-refractivity contribution < 1.29 is 4.79 Å². The van der Waals surface area contributed by atoms with Crippen molar-refractivity contribution in [2.45, 2.75) is 138 Å². The van der Waals surface area contributed by atoms with Crippen LogP contribution in [0.5, 0.6) is 0 Å². The third-order valence-corrected chi connectivity index (χ3v) is 11.7. The van der Waals surface area contributed by atoms with Crippen molar-refractivity contribution in [3.05, 3.63) is 98.2 Å². The molecule has 8 atom stereocenters. The fraction of sp³-hybridized carbons (Fsp3) is 0.630. The molecule has 1 saturated carbocycles. The van der Waals surface area contributed by atoms with Gasteiger partial charge >= 0.3 is 0 Å². The molecule has 0 aromatic carbocycles. The summed E-state index contributed by atoms with van der Waals surface area (Å²) in [5, 5.41) is 14.4. The van der Waals surface area contributed by atoms with Gasteiger partial charge in [0.1, 0.15) is 6.04 Å². The molecule has 6 unspecified atom stereocenters. The number of hydrogen-bond acceptors (Lipinski definition) is 5. The van der Waals surface area contributed by atoms with Gasteiger partial charge in [-0.1, -0.05) is 137 Å². The summed E-state index contributed by atoms with van der Waals surface area (Å²) in [6, 6.07) is -0.502. The second-order valence-electron chi connectivity index (χ2n) is 17.5. The number of carbonyl (C=O) groups is 1. The van der Waals surface area contributed by atoms with Gasteiger partial charge in [-0.2, -0.15) is 0 Å². The van der Waals surface area contributed by atoms with Crippen LogP contribution >= 0.6 is 0 Å². The Labute approximate surface area is 320 Å².